The van der Waals surface area contributed by atoms with Gasteiger partial charge in [-0.2, -0.15) is 0 Å². The van der Waals surface area contributed by atoms with Crippen LogP contribution in [0.5, 0.6) is 11.5 Å². The monoisotopic (exact) mass is 252 g/mol. The molecule has 0 radical (unpaired) electrons. The van der Waals surface area contributed by atoms with E-state index in [2.05, 4.69) is 13.8 Å². The Bertz CT molecular complexity index is 359. The average molecular weight is 252 g/mol. The van der Waals surface area contributed by atoms with Gasteiger partial charge in [-0.3, -0.25) is 0 Å². The standard InChI is InChI=1S/C15H24O3/c1-11(2)6-5-9-18-14-8-7-13(12(3)16)10-15(14)17-4/h7-8,10-12,16H,5-6,9H2,1-4H3/t12-/m0/s1. The predicted molar refractivity (Wildman–Crippen MR) is 73.2 cm³/mol. The van der Waals surface area contributed by atoms with Crippen molar-refractivity contribution in [1.82, 2.24) is 0 Å². The molecule has 0 aliphatic rings. The van der Waals surface area contributed by atoms with Gasteiger partial charge in [0, 0.05) is 0 Å². The molecule has 1 aromatic rings. The minimum absolute atomic E-state index is 0.492. The normalized spacial score (nSPS) is 12.6. The minimum atomic E-state index is -0.492. The van der Waals surface area contributed by atoms with Crippen molar-refractivity contribution in [3.05, 3.63) is 23.8 Å². The first kappa shape index (κ1) is 14.8. The van der Waals surface area contributed by atoms with Crippen LogP contribution in [-0.2, 0) is 0 Å². The van der Waals surface area contributed by atoms with Crippen molar-refractivity contribution in [2.75, 3.05) is 13.7 Å². The van der Waals surface area contributed by atoms with Gasteiger partial charge in [0.05, 0.1) is 19.8 Å². The van der Waals surface area contributed by atoms with E-state index in [9.17, 15) is 5.11 Å². The van der Waals surface area contributed by atoms with Crippen molar-refractivity contribution in [2.24, 2.45) is 5.92 Å². The molecular weight excluding hydrogens is 228 g/mol. The van der Waals surface area contributed by atoms with Crippen LogP contribution in [-0.4, -0.2) is 18.8 Å². The highest BCUT2D eigenvalue weighted by atomic mass is 16.5. The molecule has 3 nitrogen and oxygen atoms in total. The SMILES string of the molecule is COc1cc([C@H](C)O)ccc1OCCCC(C)C. The van der Waals surface area contributed by atoms with E-state index in [0.717, 1.165) is 24.2 Å². The van der Waals surface area contributed by atoms with Crippen molar-refractivity contribution >= 4 is 0 Å². The molecule has 0 saturated heterocycles. The summed E-state index contributed by atoms with van der Waals surface area (Å²) >= 11 is 0. The summed E-state index contributed by atoms with van der Waals surface area (Å²) in [4.78, 5) is 0. The Morgan fingerprint density at radius 2 is 1.89 bits per heavy atom. The highest BCUT2D eigenvalue weighted by Crippen LogP contribution is 2.30. The molecule has 0 heterocycles. The van der Waals surface area contributed by atoms with Gasteiger partial charge in [-0.05, 0) is 43.4 Å². The zero-order valence-corrected chi connectivity index (χ0v) is 11.8. The van der Waals surface area contributed by atoms with E-state index < -0.39 is 6.10 Å². The van der Waals surface area contributed by atoms with Crippen LogP contribution in [0.15, 0.2) is 18.2 Å². The largest absolute Gasteiger partial charge is 0.493 e. The zero-order chi connectivity index (χ0) is 13.5. The first-order chi connectivity index (χ1) is 8.54. The van der Waals surface area contributed by atoms with Gasteiger partial charge in [-0.1, -0.05) is 19.9 Å². The van der Waals surface area contributed by atoms with Crippen molar-refractivity contribution < 1.29 is 14.6 Å². The van der Waals surface area contributed by atoms with E-state index in [1.807, 2.05) is 18.2 Å². The summed E-state index contributed by atoms with van der Waals surface area (Å²) in [7, 11) is 1.61. The molecule has 1 aromatic carbocycles. The van der Waals surface area contributed by atoms with Crippen LogP contribution in [0.25, 0.3) is 0 Å². The lowest BCUT2D eigenvalue weighted by atomic mass is 10.1. The summed E-state index contributed by atoms with van der Waals surface area (Å²) in [5, 5.41) is 9.51. The van der Waals surface area contributed by atoms with Crippen LogP contribution < -0.4 is 9.47 Å². The summed E-state index contributed by atoms with van der Waals surface area (Å²) in [6.07, 6.45) is 1.71. The quantitative estimate of drug-likeness (QED) is 0.754. The topological polar surface area (TPSA) is 38.7 Å². The summed E-state index contributed by atoms with van der Waals surface area (Å²) in [6, 6.07) is 5.55. The predicted octanol–water partition coefficient (Wildman–Crippen LogP) is 3.56. The fourth-order valence-corrected chi connectivity index (χ4v) is 1.74. The van der Waals surface area contributed by atoms with Gasteiger partial charge in [0.2, 0.25) is 0 Å². The van der Waals surface area contributed by atoms with Gasteiger partial charge in [-0.15, -0.1) is 0 Å². The first-order valence-electron chi connectivity index (χ1n) is 6.53. The molecule has 0 aliphatic heterocycles. The number of ether oxygens (including phenoxy) is 2. The Hall–Kier alpha value is -1.22. The molecule has 0 unspecified atom stereocenters. The number of aliphatic hydroxyl groups excluding tert-OH is 1. The van der Waals surface area contributed by atoms with E-state index in [1.165, 1.54) is 0 Å². The molecule has 0 fully saturated rings. The fourth-order valence-electron chi connectivity index (χ4n) is 1.74. The van der Waals surface area contributed by atoms with Crippen molar-refractivity contribution in [3.63, 3.8) is 0 Å². The van der Waals surface area contributed by atoms with E-state index in [0.29, 0.717) is 18.3 Å². The lowest BCUT2D eigenvalue weighted by molar-refractivity contribution is 0.198. The van der Waals surface area contributed by atoms with Crippen LogP contribution in [0.2, 0.25) is 0 Å². The Morgan fingerprint density at radius 3 is 2.44 bits per heavy atom. The number of methoxy groups -OCH3 is 1. The number of benzene rings is 1. The second-order valence-corrected chi connectivity index (χ2v) is 4.97. The third kappa shape index (κ3) is 4.57. The molecule has 102 valence electrons. The molecule has 0 aliphatic carbocycles. The average Bonchev–Trinajstić information content (AvgIpc) is 2.34. The second-order valence-electron chi connectivity index (χ2n) is 4.97. The van der Waals surface area contributed by atoms with Gasteiger partial charge in [-0.25, -0.2) is 0 Å². The Morgan fingerprint density at radius 1 is 1.17 bits per heavy atom. The van der Waals surface area contributed by atoms with Crippen molar-refractivity contribution in [2.45, 2.75) is 39.7 Å². The lowest BCUT2D eigenvalue weighted by Gasteiger charge is -2.13. The van der Waals surface area contributed by atoms with Crippen LogP contribution in [0.1, 0.15) is 45.3 Å². The van der Waals surface area contributed by atoms with E-state index in [4.69, 9.17) is 9.47 Å². The van der Waals surface area contributed by atoms with E-state index >= 15 is 0 Å². The number of aliphatic hydroxyl groups is 1. The van der Waals surface area contributed by atoms with Gasteiger partial charge in [0.1, 0.15) is 0 Å². The molecule has 18 heavy (non-hydrogen) atoms. The summed E-state index contributed by atoms with van der Waals surface area (Å²) in [5.41, 5.74) is 0.835. The molecule has 0 amide bonds. The number of hydrogen-bond acceptors (Lipinski definition) is 3. The van der Waals surface area contributed by atoms with Crippen LogP contribution in [0.3, 0.4) is 0 Å². The van der Waals surface area contributed by atoms with E-state index in [1.54, 1.807) is 14.0 Å². The molecular formula is C15H24O3. The molecule has 3 heteroatoms. The lowest BCUT2D eigenvalue weighted by Crippen LogP contribution is -2.02. The summed E-state index contributed by atoms with van der Waals surface area (Å²) in [5.74, 6) is 2.12. The number of hydrogen-bond donors (Lipinski definition) is 1. The third-order valence-electron chi connectivity index (χ3n) is 2.85. The summed E-state index contributed by atoms with van der Waals surface area (Å²) in [6.45, 7) is 6.84. The molecule has 0 aromatic heterocycles. The Balaban J connectivity index is 2.59. The zero-order valence-electron chi connectivity index (χ0n) is 11.8. The molecule has 0 spiro atoms. The van der Waals surface area contributed by atoms with Gasteiger partial charge >= 0.3 is 0 Å². The Labute approximate surface area is 110 Å². The maximum atomic E-state index is 9.51. The van der Waals surface area contributed by atoms with Crippen molar-refractivity contribution in [1.29, 1.82) is 0 Å². The van der Waals surface area contributed by atoms with Gasteiger partial charge < -0.3 is 14.6 Å². The van der Waals surface area contributed by atoms with Crippen molar-refractivity contribution in [3.8, 4) is 11.5 Å². The molecule has 0 bridgehead atoms. The minimum Gasteiger partial charge on any atom is -0.493 e. The van der Waals surface area contributed by atoms with Gasteiger partial charge in [0.25, 0.3) is 0 Å². The second kappa shape index (κ2) is 7.27. The fraction of sp³-hybridized carbons (Fsp3) is 0.600. The Kier molecular flexibility index (Phi) is 5.99. The number of rotatable bonds is 7. The maximum Gasteiger partial charge on any atom is 0.161 e. The highest BCUT2D eigenvalue weighted by Gasteiger charge is 2.08. The molecule has 1 atom stereocenters. The molecule has 1 rings (SSSR count). The van der Waals surface area contributed by atoms with Crippen LogP contribution >= 0.6 is 0 Å². The third-order valence-corrected chi connectivity index (χ3v) is 2.85. The molecule has 0 saturated carbocycles. The van der Waals surface area contributed by atoms with Crippen LogP contribution in [0, 0.1) is 5.92 Å². The van der Waals surface area contributed by atoms with Crippen LogP contribution in [0.4, 0.5) is 0 Å². The van der Waals surface area contributed by atoms with E-state index in [-0.39, 0.29) is 0 Å². The molecule has 1 N–H and O–H groups in total. The summed E-state index contributed by atoms with van der Waals surface area (Å²) < 4.78 is 11.0. The highest BCUT2D eigenvalue weighted by molar-refractivity contribution is 5.43. The first-order valence-corrected chi connectivity index (χ1v) is 6.53. The smallest absolute Gasteiger partial charge is 0.161 e. The maximum absolute atomic E-state index is 9.51. The van der Waals surface area contributed by atoms with Gasteiger partial charge in [0.15, 0.2) is 11.5 Å².